The number of hydrogen-bond acceptors (Lipinski definition) is 3. The van der Waals surface area contributed by atoms with E-state index in [0.717, 1.165) is 11.1 Å². The molecule has 0 atom stereocenters. The van der Waals surface area contributed by atoms with Gasteiger partial charge in [0.25, 0.3) is 0 Å². The molecule has 0 saturated carbocycles. The molecule has 3 heteroatoms. The minimum absolute atomic E-state index is 0.261. The van der Waals surface area contributed by atoms with Crippen molar-refractivity contribution in [3.05, 3.63) is 35.4 Å². The van der Waals surface area contributed by atoms with Crippen molar-refractivity contribution in [1.82, 2.24) is 0 Å². The molecule has 0 aliphatic rings. The van der Waals surface area contributed by atoms with E-state index in [2.05, 4.69) is 0 Å². The van der Waals surface area contributed by atoms with E-state index in [9.17, 15) is 15.3 Å². The zero-order valence-corrected chi connectivity index (χ0v) is 8.27. The van der Waals surface area contributed by atoms with E-state index in [0.29, 0.717) is 0 Å². The molecule has 0 radical (unpaired) electrons. The fourth-order valence-corrected chi connectivity index (χ4v) is 1.33. The Bertz CT molecular complexity index is 267. The Kier molecular flexibility index (Phi) is 3.63. The van der Waals surface area contributed by atoms with E-state index in [1.807, 2.05) is 31.2 Å². The predicted octanol–water partition coefficient (Wildman–Crippen LogP) is 0.210. The van der Waals surface area contributed by atoms with Crippen molar-refractivity contribution in [3.63, 3.8) is 0 Å². The molecule has 0 spiro atoms. The highest BCUT2D eigenvalue weighted by atomic mass is 16.3. The summed E-state index contributed by atoms with van der Waals surface area (Å²) in [5, 5.41) is 27.5. The molecule has 0 aliphatic carbocycles. The first kappa shape index (κ1) is 11.2. The zero-order valence-electron chi connectivity index (χ0n) is 8.27. The van der Waals surface area contributed by atoms with E-state index in [-0.39, 0.29) is 19.8 Å². The predicted molar refractivity (Wildman–Crippen MR) is 54.1 cm³/mol. The summed E-state index contributed by atoms with van der Waals surface area (Å²) in [5.41, 5.74) is 0.945. The second-order valence-corrected chi connectivity index (χ2v) is 3.62. The third kappa shape index (κ3) is 1.95. The molecular formula is C11H16O3. The molecule has 0 heterocycles. The fraction of sp³-hybridized carbons (Fsp3) is 0.455. The normalized spacial score (nSPS) is 11.7. The third-order valence-electron chi connectivity index (χ3n) is 2.57. The van der Waals surface area contributed by atoms with Crippen LogP contribution in [0.3, 0.4) is 0 Å². The number of aryl methyl sites for hydroxylation is 1. The summed E-state index contributed by atoms with van der Waals surface area (Å²) in [6, 6.07) is 7.42. The Morgan fingerprint density at radius 1 is 0.929 bits per heavy atom. The maximum atomic E-state index is 9.18. The largest absolute Gasteiger partial charge is 0.395 e. The van der Waals surface area contributed by atoms with Crippen LogP contribution < -0.4 is 0 Å². The van der Waals surface area contributed by atoms with Crippen LogP contribution in [-0.4, -0.2) is 35.1 Å². The zero-order chi connectivity index (χ0) is 10.6. The SMILES string of the molecule is Cc1ccc(C(CO)(CO)CO)cc1. The van der Waals surface area contributed by atoms with Gasteiger partial charge < -0.3 is 15.3 Å². The van der Waals surface area contributed by atoms with Crippen LogP contribution in [0.4, 0.5) is 0 Å². The summed E-state index contributed by atoms with van der Waals surface area (Å²) in [6.45, 7) is 1.18. The molecule has 14 heavy (non-hydrogen) atoms. The first-order chi connectivity index (χ1) is 6.68. The fourth-order valence-electron chi connectivity index (χ4n) is 1.33. The van der Waals surface area contributed by atoms with Gasteiger partial charge in [-0.25, -0.2) is 0 Å². The Balaban J connectivity index is 3.05. The Hall–Kier alpha value is -0.900. The molecule has 3 nitrogen and oxygen atoms in total. The lowest BCUT2D eigenvalue weighted by Crippen LogP contribution is -2.38. The van der Waals surface area contributed by atoms with Gasteiger partial charge in [-0.15, -0.1) is 0 Å². The minimum atomic E-state index is -0.923. The van der Waals surface area contributed by atoms with Crippen molar-refractivity contribution < 1.29 is 15.3 Å². The van der Waals surface area contributed by atoms with Crippen LogP contribution in [0.5, 0.6) is 0 Å². The quantitative estimate of drug-likeness (QED) is 0.645. The monoisotopic (exact) mass is 196 g/mol. The average Bonchev–Trinajstić information content (AvgIpc) is 2.24. The lowest BCUT2D eigenvalue weighted by Gasteiger charge is -2.27. The summed E-state index contributed by atoms with van der Waals surface area (Å²) in [6.07, 6.45) is 0. The average molecular weight is 196 g/mol. The van der Waals surface area contributed by atoms with E-state index < -0.39 is 5.41 Å². The molecule has 0 unspecified atom stereocenters. The molecule has 0 saturated heterocycles. The number of aliphatic hydroxyl groups excluding tert-OH is 3. The Morgan fingerprint density at radius 3 is 1.71 bits per heavy atom. The maximum absolute atomic E-state index is 9.18. The van der Waals surface area contributed by atoms with Crippen molar-refractivity contribution in [2.75, 3.05) is 19.8 Å². The summed E-state index contributed by atoms with van der Waals surface area (Å²) >= 11 is 0. The van der Waals surface area contributed by atoms with E-state index >= 15 is 0 Å². The second-order valence-electron chi connectivity index (χ2n) is 3.62. The number of aliphatic hydroxyl groups is 3. The molecule has 0 amide bonds. The molecule has 0 aliphatic heterocycles. The molecule has 0 bridgehead atoms. The van der Waals surface area contributed by atoms with Gasteiger partial charge in [0.2, 0.25) is 0 Å². The smallest absolute Gasteiger partial charge is 0.0645 e. The van der Waals surface area contributed by atoms with Gasteiger partial charge in [0, 0.05) is 0 Å². The molecule has 1 rings (SSSR count). The van der Waals surface area contributed by atoms with Crippen molar-refractivity contribution in [2.45, 2.75) is 12.3 Å². The van der Waals surface area contributed by atoms with Gasteiger partial charge in [-0.2, -0.15) is 0 Å². The third-order valence-corrected chi connectivity index (χ3v) is 2.57. The first-order valence-corrected chi connectivity index (χ1v) is 4.58. The van der Waals surface area contributed by atoms with Gasteiger partial charge >= 0.3 is 0 Å². The van der Waals surface area contributed by atoms with Crippen LogP contribution in [0.25, 0.3) is 0 Å². The molecule has 1 aromatic rings. The Morgan fingerprint density at radius 2 is 1.36 bits per heavy atom. The molecule has 0 aromatic heterocycles. The van der Waals surface area contributed by atoms with Crippen LogP contribution in [0, 0.1) is 6.92 Å². The lowest BCUT2D eigenvalue weighted by molar-refractivity contribution is 0.0641. The number of hydrogen-bond donors (Lipinski definition) is 3. The van der Waals surface area contributed by atoms with Crippen molar-refractivity contribution in [3.8, 4) is 0 Å². The second kappa shape index (κ2) is 4.55. The highest BCUT2D eigenvalue weighted by molar-refractivity contribution is 5.29. The standard InChI is InChI=1S/C11H16O3/c1-9-2-4-10(5-3-9)11(6-12,7-13)8-14/h2-5,12-14H,6-8H2,1H3. The summed E-state index contributed by atoms with van der Waals surface area (Å²) in [5.74, 6) is 0. The summed E-state index contributed by atoms with van der Waals surface area (Å²) in [7, 11) is 0. The van der Waals surface area contributed by atoms with Gasteiger partial charge in [0.1, 0.15) is 0 Å². The van der Waals surface area contributed by atoms with Crippen LogP contribution in [0.15, 0.2) is 24.3 Å². The van der Waals surface area contributed by atoms with Gasteiger partial charge in [-0.1, -0.05) is 29.8 Å². The van der Waals surface area contributed by atoms with Gasteiger partial charge in [0.15, 0.2) is 0 Å². The van der Waals surface area contributed by atoms with Crippen molar-refractivity contribution >= 4 is 0 Å². The highest BCUT2D eigenvalue weighted by Crippen LogP contribution is 2.22. The first-order valence-electron chi connectivity index (χ1n) is 4.58. The van der Waals surface area contributed by atoms with E-state index in [1.165, 1.54) is 0 Å². The highest BCUT2D eigenvalue weighted by Gasteiger charge is 2.29. The number of rotatable bonds is 4. The van der Waals surface area contributed by atoms with Gasteiger partial charge in [-0.3, -0.25) is 0 Å². The van der Waals surface area contributed by atoms with E-state index in [4.69, 9.17) is 0 Å². The van der Waals surface area contributed by atoms with Crippen LogP contribution in [0.2, 0.25) is 0 Å². The van der Waals surface area contributed by atoms with Crippen molar-refractivity contribution in [2.24, 2.45) is 0 Å². The molecule has 3 N–H and O–H groups in total. The van der Waals surface area contributed by atoms with Gasteiger partial charge in [0.05, 0.1) is 25.2 Å². The maximum Gasteiger partial charge on any atom is 0.0645 e. The van der Waals surface area contributed by atoms with Crippen molar-refractivity contribution in [1.29, 1.82) is 0 Å². The van der Waals surface area contributed by atoms with Crippen LogP contribution >= 0.6 is 0 Å². The topological polar surface area (TPSA) is 60.7 Å². The molecular weight excluding hydrogens is 180 g/mol. The van der Waals surface area contributed by atoms with E-state index in [1.54, 1.807) is 0 Å². The lowest BCUT2D eigenvalue weighted by atomic mass is 9.82. The summed E-state index contributed by atoms with van der Waals surface area (Å²) < 4.78 is 0. The van der Waals surface area contributed by atoms with Crippen LogP contribution in [0.1, 0.15) is 11.1 Å². The molecule has 1 aromatic carbocycles. The minimum Gasteiger partial charge on any atom is -0.395 e. The molecule has 0 fully saturated rings. The summed E-state index contributed by atoms with van der Waals surface area (Å²) in [4.78, 5) is 0. The molecule has 78 valence electrons. The Labute approximate surface area is 83.6 Å². The number of benzene rings is 1. The van der Waals surface area contributed by atoms with Crippen LogP contribution in [-0.2, 0) is 5.41 Å². The van der Waals surface area contributed by atoms with Gasteiger partial charge in [-0.05, 0) is 12.5 Å².